The lowest BCUT2D eigenvalue weighted by atomic mass is 9.89. The summed E-state index contributed by atoms with van der Waals surface area (Å²) in [7, 11) is 0. The summed E-state index contributed by atoms with van der Waals surface area (Å²) in [6.07, 6.45) is 2.76. The topological polar surface area (TPSA) is 38.3 Å². The Balaban J connectivity index is 1.55. The number of halogens is 1. The van der Waals surface area contributed by atoms with E-state index in [4.69, 9.17) is 4.74 Å². The summed E-state index contributed by atoms with van der Waals surface area (Å²) in [4.78, 5) is 12.8. The van der Waals surface area contributed by atoms with E-state index < -0.39 is 0 Å². The van der Waals surface area contributed by atoms with Crippen LogP contribution in [0, 0.1) is 5.82 Å². The molecule has 2 atom stereocenters. The highest BCUT2D eigenvalue weighted by Gasteiger charge is 2.40. The zero-order valence-corrected chi connectivity index (χ0v) is 14.2. The summed E-state index contributed by atoms with van der Waals surface area (Å²) in [6.45, 7) is 0.690. The first-order valence-corrected chi connectivity index (χ1v) is 9.52. The van der Waals surface area contributed by atoms with Crippen LogP contribution in [0.2, 0.25) is 0 Å². The zero-order valence-electron chi connectivity index (χ0n) is 13.4. The van der Waals surface area contributed by atoms with E-state index in [2.05, 4.69) is 5.32 Å². The second kappa shape index (κ2) is 6.37. The van der Waals surface area contributed by atoms with E-state index >= 15 is 0 Å². The Morgan fingerprint density at radius 3 is 2.88 bits per heavy atom. The Morgan fingerprint density at radius 1 is 1.25 bits per heavy atom. The first-order valence-electron chi connectivity index (χ1n) is 8.37. The second-order valence-corrected chi connectivity index (χ2v) is 7.74. The number of hydrogen-bond donors (Lipinski definition) is 1. The summed E-state index contributed by atoms with van der Waals surface area (Å²) in [5.41, 5.74) is 0.472. The number of amides is 1. The molecule has 0 bridgehead atoms. The van der Waals surface area contributed by atoms with E-state index in [-0.39, 0.29) is 23.4 Å². The quantitative estimate of drug-likeness (QED) is 0.901. The van der Waals surface area contributed by atoms with Crippen molar-refractivity contribution in [2.45, 2.75) is 30.9 Å². The third-order valence-corrected chi connectivity index (χ3v) is 6.23. The molecule has 4 rings (SSSR count). The molecule has 1 spiro atoms. The molecular formula is C19H20FNO2S. The Morgan fingerprint density at radius 2 is 2.08 bits per heavy atom. The fraction of sp³-hybridized carbons (Fsp3) is 0.421. The average molecular weight is 345 g/mol. The molecule has 0 unspecified atom stereocenters. The van der Waals surface area contributed by atoms with Gasteiger partial charge in [-0.1, -0.05) is 24.3 Å². The van der Waals surface area contributed by atoms with Crippen molar-refractivity contribution in [2.75, 3.05) is 18.1 Å². The molecule has 0 aromatic heterocycles. The van der Waals surface area contributed by atoms with E-state index in [1.807, 2.05) is 17.8 Å². The molecule has 3 nitrogen and oxygen atoms in total. The van der Waals surface area contributed by atoms with Crippen LogP contribution in [0.1, 0.15) is 29.6 Å². The van der Waals surface area contributed by atoms with Gasteiger partial charge in [0, 0.05) is 29.4 Å². The Hall–Kier alpha value is -1.59. The number of carbonyl (C=O) groups excluding carboxylic acids is 1. The molecule has 0 aliphatic carbocycles. The summed E-state index contributed by atoms with van der Waals surface area (Å²) >= 11 is 1.92. The fourth-order valence-electron chi connectivity index (χ4n) is 3.74. The highest BCUT2D eigenvalue weighted by molar-refractivity contribution is 7.99. The van der Waals surface area contributed by atoms with Crippen LogP contribution in [0.3, 0.4) is 0 Å². The van der Waals surface area contributed by atoms with Gasteiger partial charge in [-0.25, -0.2) is 4.39 Å². The largest absolute Gasteiger partial charge is 0.374 e. The van der Waals surface area contributed by atoms with Gasteiger partial charge in [0.2, 0.25) is 0 Å². The molecule has 2 aromatic carbocycles. The molecule has 2 heterocycles. The standard InChI is InChI=1S/C19H20FNO2S/c20-17-6-5-16(14-3-1-2-4-15(14)17)18(22)21-13-7-9-23-19(11-13)8-10-24-12-19/h1-6,13H,7-12H2,(H,21,22)/t13-,19+/m1/s1. The number of hydrogen-bond acceptors (Lipinski definition) is 3. The molecule has 126 valence electrons. The van der Waals surface area contributed by atoms with Crippen LogP contribution in [0.4, 0.5) is 4.39 Å². The lowest BCUT2D eigenvalue weighted by Gasteiger charge is -2.38. The zero-order chi connectivity index (χ0) is 16.6. The van der Waals surface area contributed by atoms with Crippen LogP contribution < -0.4 is 5.32 Å². The predicted octanol–water partition coefficient (Wildman–Crippen LogP) is 3.76. The maximum atomic E-state index is 13.9. The van der Waals surface area contributed by atoms with Crippen molar-refractivity contribution in [3.8, 4) is 0 Å². The van der Waals surface area contributed by atoms with E-state index in [1.165, 1.54) is 6.07 Å². The van der Waals surface area contributed by atoms with Crippen LogP contribution in [-0.2, 0) is 4.74 Å². The van der Waals surface area contributed by atoms with Crippen molar-refractivity contribution in [3.63, 3.8) is 0 Å². The number of carbonyl (C=O) groups is 1. The molecule has 0 saturated carbocycles. The van der Waals surface area contributed by atoms with Crippen molar-refractivity contribution in [1.29, 1.82) is 0 Å². The minimum absolute atomic E-state index is 0.0638. The molecule has 2 aliphatic rings. The molecule has 2 saturated heterocycles. The van der Waals surface area contributed by atoms with Gasteiger partial charge in [0.25, 0.3) is 5.91 Å². The van der Waals surface area contributed by atoms with Crippen molar-refractivity contribution in [2.24, 2.45) is 0 Å². The van der Waals surface area contributed by atoms with Crippen molar-refractivity contribution in [3.05, 3.63) is 47.8 Å². The van der Waals surface area contributed by atoms with E-state index in [9.17, 15) is 9.18 Å². The molecule has 24 heavy (non-hydrogen) atoms. The van der Waals surface area contributed by atoms with E-state index in [1.54, 1.807) is 24.3 Å². The highest BCUT2D eigenvalue weighted by Crippen LogP contribution is 2.38. The molecule has 2 fully saturated rings. The molecule has 1 N–H and O–H groups in total. The average Bonchev–Trinajstić information content (AvgIpc) is 3.03. The lowest BCUT2D eigenvalue weighted by molar-refractivity contribution is -0.0688. The summed E-state index contributed by atoms with van der Waals surface area (Å²) in [5, 5.41) is 4.29. The van der Waals surface area contributed by atoms with E-state index in [0.717, 1.165) is 30.8 Å². The van der Waals surface area contributed by atoms with Gasteiger partial charge < -0.3 is 10.1 Å². The predicted molar refractivity (Wildman–Crippen MR) is 95.0 cm³/mol. The fourth-order valence-corrected chi connectivity index (χ4v) is 5.12. The number of thioether (sulfide) groups is 1. The minimum atomic E-state index is -0.296. The van der Waals surface area contributed by atoms with Crippen LogP contribution in [0.25, 0.3) is 10.8 Å². The maximum absolute atomic E-state index is 13.9. The molecule has 2 aliphatic heterocycles. The number of benzene rings is 2. The summed E-state index contributed by atoms with van der Waals surface area (Å²) in [5.74, 6) is 1.72. The van der Waals surface area contributed by atoms with Gasteiger partial charge in [-0.05, 0) is 42.5 Å². The van der Waals surface area contributed by atoms with Crippen LogP contribution in [0.5, 0.6) is 0 Å². The van der Waals surface area contributed by atoms with E-state index in [0.29, 0.717) is 22.9 Å². The molecule has 0 radical (unpaired) electrons. The molecule has 5 heteroatoms. The van der Waals surface area contributed by atoms with Gasteiger partial charge in [-0.3, -0.25) is 4.79 Å². The third-order valence-electron chi connectivity index (χ3n) is 5.01. The highest BCUT2D eigenvalue weighted by atomic mass is 32.2. The minimum Gasteiger partial charge on any atom is -0.374 e. The van der Waals surface area contributed by atoms with Crippen molar-refractivity contribution in [1.82, 2.24) is 5.32 Å². The first-order chi connectivity index (χ1) is 11.7. The maximum Gasteiger partial charge on any atom is 0.252 e. The van der Waals surface area contributed by atoms with Crippen LogP contribution in [0.15, 0.2) is 36.4 Å². The van der Waals surface area contributed by atoms with Gasteiger partial charge >= 0.3 is 0 Å². The second-order valence-electron chi connectivity index (χ2n) is 6.64. The third kappa shape index (κ3) is 2.91. The van der Waals surface area contributed by atoms with Gasteiger partial charge in [-0.15, -0.1) is 0 Å². The Labute approximate surface area is 144 Å². The van der Waals surface area contributed by atoms with Gasteiger partial charge in [0.1, 0.15) is 5.82 Å². The Kier molecular flexibility index (Phi) is 4.22. The van der Waals surface area contributed by atoms with Gasteiger partial charge in [-0.2, -0.15) is 11.8 Å². The van der Waals surface area contributed by atoms with Crippen LogP contribution >= 0.6 is 11.8 Å². The number of fused-ring (bicyclic) bond motifs is 1. The monoisotopic (exact) mass is 345 g/mol. The summed E-state index contributed by atoms with van der Waals surface area (Å²) < 4.78 is 19.9. The normalized spacial score (nSPS) is 26.8. The van der Waals surface area contributed by atoms with Gasteiger partial charge in [0.15, 0.2) is 0 Å². The molecule has 1 amide bonds. The van der Waals surface area contributed by atoms with Crippen molar-refractivity contribution < 1.29 is 13.9 Å². The number of rotatable bonds is 2. The first kappa shape index (κ1) is 15.9. The van der Waals surface area contributed by atoms with Crippen LogP contribution in [-0.4, -0.2) is 35.7 Å². The smallest absolute Gasteiger partial charge is 0.252 e. The Bertz CT molecular complexity index is 773. The lowest BCUT2D eigenvalue weighted by Crippen LogP contribution is -2.48. The molecule has 2 aromatic rings. The van der Waals surface area contributed by atoms with Crippen molar-refractivity contribution >= 4 is 28.4 Å². The number of nitrogens with one attached hydrogen (secondary N) is 1. The SMILES string of the molecule is O=C(N[C@@H]1CCO[C@@]2(CCSC2)C1)c1ccc(F)c2ccccc12. The number of ether oxygens (including phenoxy) is 1. The molecular weight excluding hydrogens is 325 g/mol. The van der Waals surface area contributed by atoms with Gasteiger partial charge in [0.05, 0.1) is 5.60 Å². The summed E-state index contributed by atoms with van der Waals surface area (Å²) in [6, 6.07) is 10.2.